The lowest BCUT2D eigenvalue weighted by Crippen LogP contribution is -2.44. The van der Waals surface area contributed by atoms with Crippen molar-refractivity contribution in [1.82, 2.24) is 4.90 Å². The Morgan fingerprint density at radius 3 is 2.29 bits per heavy atom. The molecule has 0 unspecified atom stereocenters. The van der Waals surface area contributed by atoms with Crippen molar-refractivity contribution in [2.24, 2.45) is 0 Å². The van der Waals surface area contributed by atoms with Crippen LogP contribution in [-0.4, -0.2) is 44.4 Å². The van der Waals surface area contributed by atoms with Crippen LogP contribution < -0.4 is 4.90 Å². The lowest BCUT2D eigenvalue weighted by molar-refractivity contribution is -0.104. The van der Waals surface area contributed by atoms with Gasteiger partial charge in [0.2, 0.25) is 0 Å². The Morgan fingerprint density at radius 1 is 0.958 bits per heavy atom. The summed E-state index contributed by atoms with van der Waals surface area (Å²) in [5.41, 5.74) is 6.04. The Morgan fingerprint density at radius 2 is 1.67 bits per heavy atom. The van der Waals surface area contributed by atoms with E-state index >= 15 is 0 Å². The van der Waals surface area contributed by atoms with Crippen LogP contribution in [0.3, 0.4) is 0 Å². The molecule has 2 aromatic rings. The molecule has 3 rings (SSSR count). The molecule has 1 saturated heterocycles. The molecule has 1 fully saturated rings. The average molecular weight is 320 g/mol. The standard InChI is InChI=1S/C21H24N2O/c1-17-16-18(4-3-15-24)5-10-21(17)19-6-8-20(9-7-19)23-13-11-22(2)12-14-23/h3-10,15-16H,11-14H2,1-2H3/b4-3+. The highest BCUT2D eigenvalue weighted by molar-refractivity contribution is 5.76. The number of hydrogen-bond acceptors (Lipinski definition) is 3. The summed E-state index contributed by atoms with van der Waals surface area (Å²) in [5, 5.41) is 0. The predicted octanol–water partition coefficient (Wildman–Crippen LogP) is 3.63. The molecule has 1 aliphatic heterocycles. The lowest BCUT2D eigenvalue weighted by atomic mass is 9.98. The molecule has 0 spiro atoms. The van der Waals surface area contributed by atoms with Gasteiger partial charge in [-0.2, -0.15) is 0 Å². The maximum atomic E-state index is 10.4. The third kappa shape index (κ3) is 3.74. The molecule has 0 saturated carbocycles. The normalized spacial score (nSPS) is 15.8. The maximum Gasteiger partial charge on any atom is 0.142 e. The molecule has 0 aromatic heterocycles. The van der Waals surface area contributed by atoms with Crippen molar-refractivity contribution in [2.45, 2.75) is 6.92 Å². The van der Waals surface area contributed by atoms with Gasteiger partial charge < -0.3 is 9.80 Å². The average Bonchev–Trinajstić information content (AvgIpc) is 2.61. The molecule has 124 valence electrons. The van der Waals surface area contributed by atoms with E-state index in [1.807, 2.05) is 6.08 Å². The maximum absolute atomic E-state index is 10.4. The van der Waals surface area contributed by atoms with Gasteiger partial charge in [-0.3, -0.25) is 4.79 Å². The molecule has 0 radical (unpaired) electrons. The van der Waals surface area contributed by atoms with Crippen LogP contribution in [0.25, 0.3) is 17.2 Å². The Balaban J connectivity index is 1.78. The zero-order valence-electron chi connectivity index (χ0n) is 14.4. The van der Waals surface area contributed by atoms with Gasteiger partial charge in [0.15, 0.2) is 0 Å². The summed E-state index contributed by atoms with van der Waals surface area (Å²) in [6.45, 7) is 6.54. The zero-order chi connectivity index (χ0) is 16.9. The summed E-state index contributed by atoms with van der Waals surface area (Å²) in [6, 6.07) is 15.2. The SMILES string of the molecule is Cc1cc(/C=C/C=O)ccc1-c1ccc(N2CCN(C)CC2)cc1. The number of rotatable bonds is 4. The Kier molecular flexibility index (Phi) is 5.11. The molecule has 0 atom stereocenters. The molecule has 3 nitrogen and oxygen atoms in total. The van der Waals surface area contributed by atoms with E-state index in [4.69, 9.17) is 0 Å². The third-order valence-electron chi connectivity index (χ3n) is 4.66. The Bertz CT molecular complexity index is 726. The van der Waals surface area contributed by atoms with Gasteiger partial charge in [-0.1, -0.05) is 36.4 Å². The fourth-order valence-electron chi connectivity index (χ4n) is 3.18. The van der Waals surface area contributed by atoms with Crippen molar-refractivity contribution in [2.75, 3.05) is 38.1 Å². The number of hydrogen-bond donors (Lipinski definition) is 0. The van der Waals surface area contributed by atoms with E-state index in [1.54, 1.807) is 0 Å². The van der Waals surface area contributed by atoms with Gasteiger partial charge in [-0.05, 0) is 54.4 Å². The van der Waals surface area contributed by atoms with Crippen LogP contribution in [0.5, 0.6) is 0 Å². The minimum atomic E-state index is 0.806. The fourth-order valence-corrected chi connectivity index (χ4v) is 3.18. The molecular weight excluding hydrogens is 296 g/mol. The highest BCUT2D eigenvalue weighted by atomic mass is 16.1. The van der Waals surface area contributed by atoms with Crippen molar-refractivity contribution in [1.29, 1.82) is 0 Å². The second-order valence-electron chi connectivity index (χ2n) is 6.41. The van der Waals surface area contributed by atoms with Crippen LogP contribution in [0.1, 0.15) is 11.1 Å². The van der Waals surface area contributed by atoms with Crippen molar-refractivity contribution in [3.8, 4) is 11.1 Å². The van der Waals surface area contributed by atoms with Gasteiger partial charge >= 0.3 is 0 Å². The van der Waals surface area contributed by atoms with Crippen LogP contribution in [0, 0.1) is 6.92 Å². The van der Waals surface area contributed by atoms with Gasteiger partial charge in [-0.25, -0.2) is 0 Å². The van der Waals surface area contributed by atoms with Crippen LogP contribution in [0.15, 0.2) is 48.5 Å². The predicted molar refractivity (Wildman–Crippen MR) is 101 cm³/mol. The number of allylic oxidation sites excluding steroid dienone is 1. The van der Waals surface area contributed by atoms with E-state index in [2.05, 4.69) is 66.2 Å². The molecule has 0 aliphatic carbocycles. The minimum absolute atomic E-state index is 0.806. The monoisotopic (exact) mass is 320 g/mol. The first kappa shape index (κ1) is 16.5. The molecule has 2 aromatic carbocycles. The van der Waals surface area contributed by atoms with Crippen LogP contribution >= 0.6 is 0 Å². The second kappa shape index (κ2) is 7.45. The van der Waals surface area contributed by atoms with E-state index < -0.39 is 0 Å². The van der Waals surface area contributed by atoms with Crippen LogP contribution in [-0.2, 0) is 4.79 Å². The van der Waals surface area contributed by atoms with E-state index in [9.17, 15) is 4.79 Å². The van der Waals surface area contributed by atoms with Crippen molar-refractivity contribution in [3.05, 3.63) is 59.7 Å². The number of nitrogens with zero attached hydrogens (tertiary/aromatic N) is 2. The number of carbonyl (C=O) groups excluding carboxylic acids is 1. The summed E-state index contributed by atoms with van der Waals surface area (Å²) in [6.07, 6.45) is 4.17. The van der Waals surface area contributed by atoms with E-state index in [0.29, 0.717) is 0 Å². The molecular formula is C21H24N2O. The number of aldehydes is 1. The van der Waals surface area contributed by atoms with E-state index in [1.165, 1.54) is 28.5 Å². The number of benzene rings is 2. The van der Waals surface area contributed by atoms with E-state index in [-0.39, 0.29) is 0 Å². The Hall–Kier alpha value is -2.39. The molecule has 1 heterocycles. The zero-order valence-corrected chi connectivity index (χ0v) is 14.4. The smallest absolute Gasteiger partial charge is 0.142 e. The van der Waals surface area contributed by atoms with Crippen LogP contribution in [0.2, 0.25) is 0 Å². The van der Waals surface area contributed by atoms with Gasteiger partial charge in [0, 0.05) is 31.9 Å². The van der Waals surface area contributed by atoms with E-state index in [0.717, 1.165) is 38.0 Å². The molecule has 3 heteroatoms. The number of likely N-dealkylation sites (N-methyl/N-ethyl adjacent to an activating group) is 1. The number of carbonyl (C=O) groups is 1. The molecule has 0 bridgehead atoms. The van der Waals surface area contributed by atoms with Crippen molar-refractivity contribution >= 4 is 18.0 Å². The summed E-state index contributed by atoms with van der Waals surface area (Å²) in [5.74, 6) is 0. The number of anilines is 1. The number of aryl methyl sites for hydroxylation is 1. The third-order valence-corrected chi connectivity index (χ3v) is 4.66. The Labute approximate surface area is 144 Å². The molecule has 0 amide bonds. The van der Waals surface area contributed by atoms with Crippen molar-refractivity contribution < 1.29 is 4.79 Å². The quantitative estimate of drug-likeness (QED) is 0.635. The first-order valence-electron chi connectivity index (χ1n) is 8.44. The summed E-state index contributed by atoms with van der Waals surface area (Å²) in [4.78, 5) is 15.3. The van der Waals surface area contributed by atoms with Gasteiger partial charge in [-0.15, -0.1) is 0 Å². The van der Waals surface area contributed by atoms with Crippen molar-refractivity contribution in [3.63, 3.8) is 0 Å². The molecule has 24 heavy (non-hydrogen) atoms. The summed E-state index contributed by atoms with van der Waals surface area (Å²) in [7, 11) is 2.18. The topological polar surface area (TPSA) is 23.6 Å². The molecule has 1 aliphatic rings. The largest absolute Gasteiger partial charge is 0.369 e. The molecule has 0 N–H and O–H groups in total. The van der Waals surface area contributed by atoms with Gasteiger partial charge in [0.1, 0.15) is 6.29 Å². The highest BCUT2D eigenvalue weighted by Gasteiger charge is 2.14. The summed E-state index contributed by atoms with van der Waals surface area (Å²) < 4.78 is 0. The minimum Gasteiger partial charge on any atom is -0.369 e. The van der Waals surface area contributed by atoms with Gasteiger partial charge in [0.05, 0.1) is 0 Å². The number of piperazine rings is 1. The first-order valence-corrected chi connectivity index (χ1v) is 8.44. The first-order chi connectivity index (χ1) is 11.7. The summed E-state index contributed by atoms with van der Waals surface area (Å²) >= 11 is 0. The highest BCUT2D eigenvalue weighted by Crippen LogP contribution is 2.27. The van der Waals surface area contributed by atoms with Gasteiger partial charge in [0.25, 0.3) is 0 Å². The lowest BCUT2D eigenvalue weighted by Gasteiger charge is -2.34. The van der Waals surface area contributed by atoms with Crippen LogP contribution in [0.4, 0.5) is 5.69 Å². The second-order valence-corrected chi connectivity index (χ2v) is 6.41. The fraction of sp³-hybridized carbons (Fsp3) is 0.286.